The van der Waals surface area contributed by atoms with Crippen molar-refractivity contribution in [3.63, 3.8) is 0 Å². The smallest absolute Gasteiger partial charge is 0.146 e. The van der Waals surface area contributed by atoms with Crippen molar-refractivity contribution in [2.75, 3.05) is 24.4 Å². The van der Waals surface area contributed by atoms with Crippen LogP contribution in [0.3, 0.4) is 0 Å². The zero-order valence-electron chi connectivity index (χ0n) is 10.8. The third-order valence-electron chi connectivity index (χ3n) is 2.55. The van der Waals surface area contributed by atoms with Gasteiger partial charge in [-0.25, -0.2) is 4.98 Å². The van der Waals surface area contributed by atoms with Crippen LogP contribution >= 0.6 is 11.6 Å². The van der Waals surface area contributed by atoms with Gasteiger partial charge >= 0.3 is 0 Å². The molecule has 1 heterocycles. The van der Waals surface area contributed by atoms with Crippen LogP contribution in [0.15, 0.2) is 47.7 Å². The van der Waals surface area contributed by atoms with E-state index < -0.39 is 0 Å². The number of hydrazone groups is 1. The van der Waals surface area contributed by atoms with Gasteiger partial charge in [-0.2, -0.15) is 5.10 Å². The van der Waals surface area contributed by atoms with E-state index in [1.165, 1.54) is 0 Å². The van der Waals surface area contributed by atoms with Crippen LogP contribution in [0, 0.1) is 0 Å². The lowest BCUT2D eigenvalue weighted by atomic mass is 10.2. The van der Waals surface area contributed by atoms with Gasteiger partial charge in [0.2, 0.25) is 0 Å². The Bertz CT molecular complexity index is 567. The van der Waals surface area contributed by atoms with Crippen LogP contribution in [0.4, 0.5) is 11.5 Å². The van der Waals surface area contributed by atoms with E-state index in [9.17, 15) is 0 Å². The number of halogens is 1. The molecule has 0 aliphatic heterocycles. The Balaban J connectivity index is 2.07. The molecule has 0 radical (unpaired) electrons. The number of hydrogen-bond acceptors (Lipinski definition) is 4. The maximum absolute atomic E-state index is 6.19. The fraction of sp³-hybridized carbons (Fsp3) is 0.143. The molecule has 0 spiro atoms. The molecule has 0 atom stereocenters. The molecule has 5 heteroatoms. The van der Waals surface area contributed by atoms with Crippen LogP contribution < -0.4 is 10.3 Å². The molecule has 0 aliphatic carbocycles. The van der Waals surface area contributed by atoms with Crippen LogP contribution in [-0.2, 0) is 0 Å². The van der Waals surface area contributed by atoms with Gasteiger partial charge in [-0.15, -0.1) is 0 Å². The van der Waals surface area contributed by atoms with Gasteiger partial charge in [-0.1, -0.05) is 17.7 Å². The third kappa shape index (κ3) is 3.69. The second-order valence-electron chi connectivity index (χ2n) is 4.19. The number of pyridine rings is 1. The normalized spacial score (nSPS) is 10.7. The zero-order valence-corrected chi connectivity index (χ0v) is 11.6. The van der Waals surface area contributed by atoms with Crippen molar-refractivity contribution in [1.82, 2.24) is 4.98 Å². The molecule has 0 saturated heterocycles. The first-order valence-electron chi connectivity index (χ1n) is 5.84. The molecule has 0 fully saturated rings. The summed E-state index contributed by atoms with van der Waals surface area (Å²) >= 11 is 6.19. The minimum Gasteiger partial charge on any atom is -0.378 e. The summed E-state index contributed by atoms with van der Waals surface area (Å²) in [6.07, 6.45) is 3.38. The molecule has 19 heavy (non-hydrogen) atoms. The van der Waals surface area contributed by atoms with Crippen molar-refractivity contribution in [2.24, 2.45) is 5.10 Å². The first-order chi connectivity index (χ1) is 9.16. The van der Waals surface area contributed by atoms with E-state index in [0.717, 1.165) is 11.3 Å². The first-order valence-corrected chi connectivity index (χ1v) is 6.21. The monoisotopic (exact) mass is 274 g/mol. The number of anilines is 2. The van der Waals surface area contributed by atoms with Gasteiger partial charge in [0.25, 0.3) is 0 Å². The van der Waals surface area contributed by atoms with E-state index in [1.807, 2.05) is 55.4 Å². The fourth-order valence-corrected chi connectivity index (χ4v) is 1.72. The topological polar surface area (TPSA) is 40.5 Å². The molecule has 0 aliphatic rings. The van der Waals surface area contributed by atoms with E-state index in [0.29, 0.717) is 10.8 Å². The Hall–Kier alpha value is -2.07. The second kappa shape index (κ2) is 6.20. The number of aromatic nitrogens is 1. The minimum atomic E-state index is 0.665. The molecular formula is C14H15ClN4. The lowest BCUT2D eigenvalue weighted by Gasteiger charge is -2.13. The standard InChI is InChI=1S/C14H15ClN4/c1-19(2)12-7-6-11(13(15)9-12)10-17-18-14-5-3-4-8-16-14/h3-10H,1-2H3,(H,16,18)/b17-10+. The van der Waals surface area contributed by atoms with Crippen LogP contribution in [0.25, 0.3) is 0 Å². The summed E-state index contributed by atoms with van der Waals surface area (Å²) < 4.78 is 0. The summed E-state index contributed by atoms with van der Waals surface area (Å²) in [6.45, 7) is 0. The highest BCUT2D eigenvalue weighted by Crippen LogP contribution is 2.21. The highest BCUT2D eigenvalue weighted by molar-refractivity contribution is 6.33. The maximum Gasteiger partial charge on any atom is 0.146 e. The largest absolute Gasteiger partial charge is 0.378 e. The number of nitrogens with one attached hydrogen (secondary N) is 1. The van der Waals surface area contributed by atoms with Crippen LogP contribution in [-0.4, -0.2) is 25.3 Å². The lowest BCUT2D eigenvalue weighted by molar-refractivity contribution is 1.13. The van der Waals surface area contributed by atoms with Gasteiger partial charge in [-0.05, 0) is 30.3 Å². The minimum absolute atomic E-state index is 0.665. The molecular weight excluding hydrogens is 260 g/mol. The summed E-state index contributed by atoms with van der Waals surface area (Å²) in [5.74, 6) is 0.694. The highest BCUT2D eigenvalue weighted by Gasteiger charge is 2.01. The first kappa shape index (κ1) is 13.4. The van der Waals surface area contributed by atoms with Crippen molar-refractivity contribution >= 4 is 29.3 Å². The molecule has 1 aromatic heterocycles. The number of benzene rings is 1. The molecule has 98 valence electrons. The average molecular weight is 275 g/mol. The number of hydrogen-bond donors (Lipinski definition) is 1. The van der Waals surface area contributed by atoms with Crippen LogP contribution in [0.5, 0.6) is 0 Å². The zero-order chi connectivity index (χ0) is 13.7. The fourth-order valence-electron chi connectivity index (χ4n) is 1.50. The average Bonchev–Trinajstić information content (AvgIpc) is 2.41. The van der Waals surface area contributed by atoms with Gasteiger partial charge in [0.05, 0.1) is 11.2 Å². The second-order valence-corrected chi connectivity index (χ2v) is 4.59. The number of rotatable bonds is 4. The van der Waals surface area contributed by atoms with E-state index in [2.05, 4.69) is 15.5 Å². The molecule has 1 N–H and O–H groups in total. The van der Waals surface area contributed by atoms with Crippen molar-refractivity contribution < 1.29 is 0 Å². The summed E-state index contributed by atoms with van der Waals surface area (Å²) in [4.78, 5) is 6.10. The molecule has 0 saturated carbocycles. The van der Waals surface area contributed by atoms with E-state index in [-0.39, 0.29) is 0 Å². The summed E-state index contributed by atoms with van der Waals surface area (Å²) in [5, 5.41) is 4.78. The van der Waals surface area contributed by atoms with Gasteiger partial charge < -0.3 is 4.90 Å². The van der Waals surface area contributed by atoms with E-state index in [1.54, 1.807) is 12.4 Å². The predicted octanol–water partition coefficient (Wildman–Crippen LogP) is 3.25. The van der Waals surface area contributed by atoms with Crippen molar-refractivity contribution in [3.05, 3.63) is 53.2 Å². The van der Waals surface area contributed by atoms with Crippen LogP contribution in [0.2, 0.25) is 5.02 Å². The quantitative estimate of drug-likeness (QED) is 0.687. The van der Waals surface area contributed by atoms with Gasteiger partial charge in [-0.3, -0.25) is 5.43 Å². The summed E-state index contributed by atoms with van der Waals surface area (Å²) in [5.41, 5.74) is 4.76. The molecule has 2 rings (SSSR count). The Kier molecular flexibility index (Phi) is 4.36. The molecule has 4 nitrogen and oxygen atoms in total. The Labute approximate surface area is 117 Å². The highest BCUT2D eigenvalue weighted by atomic mass is 35.5. The summed E-state index contributed by atoms with van der Waals surface area (Å²) in [6, 6.07) is 11.4. The molecule has 0 unspecified atom stereocenters. The summed E-state index contributed by atoms with van der Waals surface area (Å²) in [7, 11) is 3.95. The predicted molar refractivity (Wildman–Crippen MR) is 81.2 cm³/mol. The van der Waals surface area contributed by atoms with E-state index >= 15 is 0 Å². The van der Waals surface area contributed by atoms with Gasteiger partial charge in [0, 0.05) is 31.5 Å². The maximum atomic E-state index is 6.19. The Morgan fingerprint density at radius 2 is 2.11 bits per heavy atom. The SMILES string of the molecule is CN(C)c1ccc(/C=N/Nc2ccccn2)c(Cl)c1. The molecule has 1 aromatic carbocycles. The molecule has 2 aromatic rings. The third-order valence-corrected chi connectivity index (χ3v) is 2.88. The Morgan fingerprint density at radius 3 is 2.74 bits per heavy atom. The van der Waals surface area contributed by atoms with Crippen molar-refractivity contribution in [2.45, 2.75) is 0 Å². The number of nitrogens with zero attached hydrogens (tertiary/aromatic N) is 3. The molecule has 0 amide bonds. The molecule has 0 bridgehead atoms. The Morgan fingerprint density at radius 1 is 1.26 bits per heavy atom. The van der Waals surface area contributed by atoms with Gasteiger partial charge in [0.15, 0.2) is 0 Å². The lowest BCUT2D eigenvalue weighted by Crippen LogP contribution is -2.08. The van der Waals surface area contributed by atoms with E-state index in [4.69, 9.17) is 11.6 Å². The van der Waals surface area contributed by atoms with Gasteiger partial charge in [0.1, 0.15) is 5.82 Å². The van der Waals surface area contributed by atoms with Crippen molar-refractivity contribution in [1.29, 1.82) is 0 Å². The van der Waals surface area contributed by atoms with Crippen LogP contribution in [0.1, 0.15) is 5.56 Å². The van der Waals surface area contributed by atoms with Crippen molar-refractivity contribution in [3.8, 4) is 0 Å².